The Kier molecular flexibility index (Phi) is 1.15. The molecule has 34 valence electrons. The maximum Gasteiger partial charge on any atom is 0.0544 e. The first-order valence-corrected chi connectivity index (χ1v) is 2.97. The Morgan fingerprint density at radius 3 is 3.00 bits per heavy atom. The van der Waals surface area contributed by atoms with E-state index in [1.54, 1.807) is 11.8 Å². The zero-order valence-corrected chi connectivity index (χ0v) is 4.53. The number of rotatable bonds is 0. The lowest BCUT2D eigenvalue weighted by molar-refractivity contribution is 0.978. The summed E-state index contributed by atoms with van der Waals surface area (Å²) in [5, 5.41) is 0.741. The monoisotopic (exact) mass is 101 g/mol. The first-order valence-electron chi connectivity index (χ1n) is 2.03. The van der Waals surface area contributed by atoms with Crippen LogP contribution in [0.1, 0.15) is 6.92 Å². The lowest BCUT2D eigenvalue weighted by atomic mass is 10.5. The van der Waals surface area contributed by atoms with E-state index >= 15 is 0 Å². The molecule has 0 bridgehead atoms. The molecule has 2 heteroatoms. The van der Waals surface area contributed by atoms with Crippen LogP contribution < -0.4 is 0 Å². The summed E-state index contributed by atoms with van der Waals surface area (Å²) in [6.45, 7) is 3.20. The fourth-order valence-electron chi connectivity index (χ4n) is 0.381. The van der Waals surface area contributed by atoms with Gasteiger partial charge in [-0.3, -0.25) is 4.99 Å². The molecule has 0 spiro atoms. The molecule has 1 nitrogen and oxygen atoms in total. The van der Waals surface area contributed by atoms with Crippen LogP contribution in [0.2, 0.25) is 0 Å². The summed E-state index contributed by atoms with van der Waals surface area (Å²) in [5.41, 5.74) is 1.92. The van der Waals surface area contributed by atoms with Crippen LogP contribution in [0.4, 0.5) is 0 Å². The van der Waals surface area contributed by atoms with Gasteiger partial charge in [0.2, 0.25) is 0 Å². The highest BCUT2D eigenvalue weighted by Crippen LogP contribution is 2.12. The standard InChI is InChI=1S/C4H7NS/c1-4-2-5-3-6-4/h3-4H,2H2,1H3/t4-/m1/s1. The van der Waals surface area contributed by atoms with E-state index in [4.69, 9.17) is 0 Å². The minimum absolute atomic E-state index is 0.741. The molecule has 0 amide bonds. The van der Waals surface area contributed by atoms with Crippen molar-refractivity contribution in [2.45, 2.75) is 12.2 Å². The summed E-state index contributed by atoms with van der Waals surface area (Å²) >= 11 is 1.81. The summed E-state index contributed by atoms with van der Waals surface area (Å²) in [7, 11) is 0. The van der Waals surface area contributed by atoms with E-state index in [2.05, 4.69) is 11.9 Å². The number of nitrogens with zero attached hydrogens (tertiary/aromatic N) is 1. The first kappa shape index (κ1) is 4.19. The van der Waals surface area contributed by atoms with Crippen LogP contribution in [0.3, 0.4) is 0 Å². The van der Waals surface area contributed by atoms with Gasteiger partial charge in [-0.25, -0.2) is 0 Å². The van der Waals surface area contributed by atoms with Crippen LogP contribution in [0.5, 0.6) is 0 Å². The molecule has 0 saturated heterocycles. The molecule has 0 aromatic carbocycles. The maximum absolute atomic E-state index is 4.00. The normalized spacial score (nSPS) is 31.8. The number of aliphatic imine (C=N–C) groups is 1. The molecular formula is C4H7NS. The molecule has 0 unspecified atom stereocenters. The number of hydrogen-bond donors (Lipinski definition) is 0. The van der Waals surface area contributed by atoms with E-state index in [0.717, 1.165) is 11.8 Å². The third-order valence-corrected chi connectivity index (χ3v) is 1.61. The lowest BCUT2D eigenvalue weighted by Crippen LogP contribution is -1.91. The van der Waals surface area contributed by atoms with Gasteiger partial charge < -0.3 is 0 Å². The van der Waals surface area contributed by atoms with Crippen LogP contribution in [0.25, 0.3) is 0 Å². The topological polar surface area (TPSA) is 12.4 Å². The SMILES string of the molecule is C[C@@H]1CN=CS1. The fraction of sp³-hybridized carbons (Fsp3) is 0.750. The molecule has 1 atom stereocenters. The van der Waals surface area contributed by atoms with Crippen molar-refractivity contribution in [3.63, 3.8) is 0 Å². The highest BCUT2D eigenvalue weighted by molar-refractivity contribution is 8.12. The summed E-state index contributed by atoms with van der Waals surface area (Å²) in [4.78, 5) is 4.00. The molecule has 1 rings (SSSR count). The summed E-state index contributed by atoms with van der Waals surface area (Å²) in [5.74, 6) is 0. The third-order valence-electron chi connectivity index (χ3n) is 0.730. The van der Waals surface area contributed by atoms with E-state index in [1.165, 1.54) is 0 Å². The third kappa shape index (κ3) is 0.744. The smallest absolute Gasteiger partial charge is 0.0544 e. The van der Waals surface area contributed by atoms with Gasteiger partial charge in [0.1, 0.15) is 0 Å². The van der Waals surface area contributed by atoms with Crippen LogP contribution in [0.15, 0.2) is 4.99 Å². The molecule has 1 aliphatic rings. The Hall–Kier alpha value is 0.0200. The van der Waals surface area contributed by atoms with Gasteiger partial charge in [0, 0.05) is 5.25 Å². The minimum Gasteiger partial charge on any atom is -0.285 e. The average molecular weight is 101 g/mol. The van der Waals surface area contributed by atoms with E-state index in [9.17, 15) is 0 Å². The molecule has 1 aliphatic heterocycles. The zero-order chi connectivity index (χ0) is 4.41. The van der Waals surface area contributed by atoms with Crippen molar-refractivity contribution < 1.29 is 0 Å². The summed E-state index contributed by atoms with van der Waals surface area (Å²) < 4.78 is 0. The van der Waals surface area contributed by atoms with E-state index in [0.29, 0.717) is 0 Å². The van der Waals surface area contributed by atoms with Crippen molar-refractivity contribution in [3.05, 3.63) is 0 Å². The van der Waals surface area contributed by atoms with Gasteiger partial charge in [-0.2, -0.15) is 0 Å². The molecule has 1 heterocycles. The Morgan fingerprint density at radius 1 is 2.00 bits per heavy atom. The van der Waals surface area contributed by atoms with Crippen molar-refractivity contribution in [2.24, 2.45) is 4.99 Å². The maximum atomic E-state index is 4.00. The summed E-state index contributed by atoms with van der Waals surface area (Å²) in [6.07, 6.45) is 0. The largest absolute Gasteiger partial charge is 0.285 e. The van der Waals surface area contributed by atoms with Crippen molar-refractivity contribution in [2.75, 3.05) is 6.54 Å². The fourth-order valence-corrected chi connectivity index (χ4v) is 0.933. The zero-order valence-electron chi connectivity index (χ0n) is 3.72. The van der Waals surface area contributed by atoms with Gasteiger partial charge in [0.25, 0.3) is 0 Å². The van der Waals surface area contributed by atoms with Crippen LogP contribution in [-0.2, 0) is 0 Å². The van der Waals surface area contributed by atoms with Gasteiger partial charge in [0.05, 0.1) is 12.1 Å². The second-order valence-electron chi connectivity index (χ2n) is 1.42. The van der Waals surface area contributed by atoms with E-state index in [-0.39, 0.29) is 0 Å². The van der Waals surface area contributed by atoms with E-state index in [1.807, 2.05) is 5.55 Å². The van der Waals surface area contributed by atoms with Crippen molar-refractivity contribution >= 4 is 17.3 Å². The van der Waals surface area contributed by atoms with Crippen molar-refractivity contribution in [1.29, 1.82) is 0 Å². The Morgan fingerprint density at radius 2 is 2.83 bits per heavy atom. The highest BCUT2D eigenvalue weighted by Gasteiger charge is 2.02. The second-order valence-corrected chi connectivity index (χ2v) is 2.70. The Bertz CT molecular complexity index is 61.9. The lowest BCUT2D eigenvalue weighted by Gasteiger charge is -1.89. The van der Waals surface area contributed by atoms with Crippen LogP contribution >= 0.6 is 11.8 Å². The molecule has 0 fully saturated rings. The Balaban J connectivity index is 2.32. The summed E-state index contributed by atoms with van der Waals surface area (Å²) in [6, 6.07) is 0. The first-order chi connectivity index (χ1) is 2.89. The quantitative estimate of drug-likeness (QED) is 0.446. The molecule has 6 heavy (non-hydrogen) atoms. The second kappa shape index (κ2) is 1.65. The highest BCUT2D eigenvalue weighted by atomic mass is 32.2. The van der Waals surface area contributed by atoms with Gasteiger partial charge >= 0.3 is 0 Å². The van der Waals surface area contributed by atoms with Gasteiger partial charge in [-0.15, -0.1) is 11.8 Å². The van der Waals surface area contributed by atoms with E-state index < -0.39 is 0 Å². The molecule has 0 aliphatic carbocycles. The molecule has 0 aromatic rings. The minimum atomic E-state index is 0.741. The predicted molar refractivity (Wildman–Crippen MR) is 30.4 cm³/mol. The van der Waals surface area contributed by atoms with Gasteiger partial charge in [-0.1, -0.05) is 6.92 Å². The average Bonchev–Trinajstić information content (AvgIpc) is 1.86. The van der Waals surface area contributed by atoms with Crippen molar-refractivity contribution in [1.82, 2.24) is 0 Å². The van der Waals surface area contributed by atoms with Gasteiger partial charge in [-0.05, 0) is 0 Å². The number of thioether (sulfide) groups is 1. The molecule has 0 saturated carbocycles. The van der Waals surface area contributed by atoms with Crippen molar-refractivity contribution in [3.8, 4) is 0 Å². The van der Waals surface area contributed by atoms with Crippen LogP contribution in [-0.4, -0.2) is 17.3 Å². The molecule has 0 N–H and O–H groups in total. The molecular weight excluding hydrogens is 94.1 g/mol. The van der Waals surface area contributed by atoms with Gasteiger partial charge in [0.15, 0.2) is 0 Å². The molecule has 0 radical (unpaired) electrons. The Labute approximate surface area is 41.8 Å². The van der Waals surface area contributed by atoms with Crippen LogP contribution in [0, 0.1) is 0 Å². The number of hydrogen-bond acceptors (Lipinski definition) is 2. The molecule has 0 aromatic heterocycles. The predicted octanol–water partition coefficient (Wildman–Crippen LogP) is 1.15.